The van der Waals surface area contributed by atoms with Gasteiger partial charge in [-0.15, -0.1) is 0 Å². The molecule has 0 saturated heterocycles. The molecule has 3 aromatic carbocycles. The maximum Gasteiger partial charge on any atom is 0.0529 e. The van der Waals surface area contributed by atoms with Crippen molar-refractivity contribution in [2.45, 2.75) is 0 Å². The summed E-state index contributed by atoms with van der Waals surface area (Å²) in [5.41, 5.74) is 3.90. The van der Waals surface area contributed by atoms with E-state index in [9.17, 15) is 0 Å². The fraction of sp³-hybridized carbons (Fsp3) is 0. The highest BCUT2D eigenvalue weighted by molar-refractivity contribution is 7.74. The third-order valence-corrected chi connectivity index (χ3v) is 5.76. The first-order valence-electron chi connectivity index (χ1n) is 6.74. The lowest BCUT2D eigenvalue weighted by atomic mass is 10.0. The maximum atomic E-state index is 3.73. The van der Waals surface area contributed by atoms with Crippen LogP contribution >= 0.6 is 8.07 Å². The van der Waals surface area contributed by atoms with E-state index in [2.05, 4.69) is 84.0 Å². The number of nitrogens with one attached hydrogen (secondary N) is 1. The van der Waals surface area contributed by atoms with Gasteiger partial charge in [0.05, 0.1) is 8.07 Å². The second kappa shape index (κ2) is 4.77. The van der Waals surface area contributed by atoms with Crippen molar-refractivity contribution in [1.82, 2.24) is 0 Å². The summed E-state index contributed by atoms with van der Waals surface area (Å²) in [6, 6.07) is 28.0. The van der Waals surface area contributed by atoms with Crippen LogP contribution in [0.15, 0.2) is 78.9 Å². The second-order valence-electron chi connectivity index (χ2n) is 4.85. The van der Waals surface area contributed by atoms with Gasteiger partial charge in [0.15, 0.2) is 0 Å². The maximum absolute atomic E-state index is 3.73. The Morgan fingerprint density at radius 1 is 0.600 bits per heavy atom. The van der Waals surface area contributed by atoms with E-state index < -0.39 is 8.07 Å². The van der Waals surface area contributed by atoms with Crippen LogP contribution < -0.4 is 15.7 Å². The minimum absolute atomic E-state index is 0.519. The molecule has 0 bridgehead atoms. The van der Waals surface area contributed by atoms with Crippen molar-refractivity contribution in [2.75, 3.05) is 5.09 Å². The quantitative estimate of drug-likeness (QED) is 0.658. The van der Waals surface area contributed by atoms with Crippen LogP contribution in [0.4, 0.5) is 5.69 Å². The van der Waals surface area contributed by atoms with Crippen molar-refractivity contribution in [3.8, 4) is 11.1 Å². The van der Waals surface area contributed by atoms with Crippen molar-refractivity contribution in [2.24, 2.45) is 0 Å². The minimum Gasteiger partial charge on any atom is -0.356 e. The van der Waals surface area contributed by atoms with Gasteiger partial charge in [-0.3, -0.25) is 0 Å². The zero-order valence-corrected chi connectivity index (χ0v) is 11.8. The van der Waals surface area contributed by atoms with Gasteiger partial charge in [0.2, 0.25) is 0 Å². The number of anilines is 1. The van der Waals surface area contributed by atoms with E-state index in [0.29, 0.717) is 0 Å². The Morgan fingerprint density at radius 3 is 2.10 bits per heavy atom. The Kier molecular flexibility index (Phi) is 2.79. The summed E-state index contributed by atoms with van der Waals surface area (Å²) in [5.74, 6) is 0. The number of hydrogen-bond acceptors (Lipinski definition) is 1. The van der Waals surface area contributed by atoms with Gasteiger partial charge in [-0.25, -0.2) is 0 Å². The Balaban J connectivity index is 1.93. The van der Waals surface area contributed by atoms with Crippen molar-refractivity contribution >= 4 is 24.4 Å². The van der Waals surface area contributed by atoms with E-state index in [1.807, 2.05) is 0 Å². The molecule has 1 unspecified atom stereocenters. The van der Waals surface area contributed by atoms with Crippen LogP contribution in [0.2, 0.25) is 0 Å². The SMILES string of the molecule is c1ccc(P2Nc3ccccc3-c3ccccc32)cc1. The largest absolute Gasteiger partial charge is 0.356 e. The van der Waals surface area contributed by atoms with Crippen molar-refractivity contribution in [1.29, 1.82) is 0 Å². The van der Waals surface area contributed by atoms with Crippen molar-refractivity contribution in [3.63, 3.8) is 0 Å². The Bertz CT molecular complexity index is 752. The van der Waals surface area contributed by atoms with Gasteiger partial charge in [-0.2, -0.15) is 0 Å². The number of fused-ring (bicyclic) bond motifs is 3. The summed E-state index contributed by atoms with van der Waals surface area (Å²) in [4.78, 5) is 0. The molecule has 0 fully saturated rings. The van der Waals surface area contributed by atoms with Crippen LogP contribution in [-0.2, 0) is 0 Å². The minimum atomic E-state index is -0.519. The topological polar surface area (TPSA) is 12.0 Å². The van der Waals surface area contributed by atoms with E-state index in [-0.39, 0.29) is 0 Å². The normalized spacial score (nSPS) is 15.9. The van der Waals surface area contributed by atoms with Gasteiger partial charge < -0.3 is 5.09 Å². The predicted octanol–water partition coefficient (Wildman–Crippen LogP) is 4.13. The van der Waals surface area contributed by atoms with E-state index in [4.69, 9.17) is 0 Å². The first kappa shape index (κ1) is 11.7. The molecular formula is C18H14NP. The number of hydrogen-bond donors (Lipinski definition) is 1. The van der Waals surface area contributed by atoms with Crippen molar-refractivity contribution < 1.29 is 0 Å². The molecule has 1 aliphatic heterocycles. The zero-order chi connectivity index (χ0) is 13.4. The molecule has 20 heavy (non-hydrogen) atoms. The molecule has 0 radical (unpaired) electrons. The molecule has 1 atom stereocenters. The summed E-state index contributed by atoms with van der Waals surface area (Å²) in [6.45, 7) is 0. The second-order valence-corrected chi connectivity index (χ2v) is 6.74. The van der Waals surface area contributed by atoms with E-state index in [1.54, 1.807) is 0 Å². The summed E-state index contributed by atoms with van der Waals surface area (Å²) in [6.07, 6.45) is 0. The fourth-order valence-corrected chi connectivity index (χ4v) is 4.78. The molecular weight excluding hydrogens is 261 g/mol. The molecule has 2 heteroatoms. The van der Waals surface area contributed by atoms with E-state index in [0.717, 1.165) is 0 Å². The smallest absolute Gasteiger partial charge is 0.0529 e. The lowest BCUT2D eigenvalue weighted by Gasteiger charge is -2.29. The zero-order valence-electron chi connectivity index (χ0n) is 11.0. The highest BCUT2D eigenvalue weighted by Gasteiger charge is 2.24. The Labute approximate surface area is 120 Å². The predicted molar refractivity (Wildman–Crippen MR) is 88.1 cm³/mol. The van der Waals surface area contributed by atoms with Gasteiger partial charge in [-0.1, -0.05) is 72.8 Å². The highest BCUT2D eigenvalue weighted by Crippen LogP contribution is 2.45. The molecule has 1 aliphatic rings. The summed E-state index contributed by atoms with van der Waals surface area (Å²) in [7, 11) is -0.519. The molecule has 1 nitrogen and oxygen atoms in total. The van der Waals surface area contributed by atoms with Gasteiger partial charge in [0.1, 0.15) is 0 Å². The monoisotopic (exact) mass is 275 g/mol. The van der Waals surface area contributed by atoms with Crippen molar-refractivity contribution in [3.05, 3.63) is 78.9 Å². The number of para-hydroxylation sites is 1. The average molecular weight is 275 g/mol. The lowest BCUT2D eigenvalue weighted by molar-refractivity contribution is 1.60. The first-order valence-corrected chi connectivity index (χ1v) is 8.08. The van der Waals surface area contributed by atoms with Gasteiger partial charge in [0.25, 0.3) is 0 Å². The molecule has 0 aromatic heterocycles. The molecule has 0 saturated carbocycles. The fourth-order valence-electron chi connectivity index (χ4n) is 2.67. The van der Waals surface area contributed by atoms with Crippen LogP contribution in [-0.4, -0.2) is 0 Å². The molecule has 0 spiro atoms. The number of benzene rings is 3. The van der Waals surface area contributed by atoms with Crippen LogP contribution in [0.1, 0.15) is 0 Å². The van der Waals surface area contributed by atoms with Crippen LogP contribution in [0.3, 0.4) is 0 Å². The molecule has 4 rings (SSSR count). The van der Waals surface area contributed by atoms with Gasteiger partial charge in [-0.05, 0) is 11.6 Å². The Morgan fingerprint density at radius 2 is 1.25 bits per heavy atom. The summed E-state index contributed by atoms with van der Waals surface area (Å²) in [5, 5.41) is 6.51. The van der Waals surface area contributed by atoms with Crippen LogP contribution in [0.5, 0.6) is 0 Å². The first-order chi connectivity index (χ1) is 9.93. The molecule has 0 amide bonds. The molecule has 1 heterocycles. The van der Waals surface area contributed by atoms with Gasteiger partial charge in [0, 0.05) is 21.9 Å². The third-order valence-electron chi connectivity index (χ3n) is 3.61. The molecule has 0 aliphatic carbocycles. The molecule has 3 aromatic rings. The Hall–Kier alpha value is -2.11. The highest BCUT2D eigenvalue weighted by atomic mass is 31.1. The standard InChI is InChI=1S/C18H14NP/c1-2-8-14(9-3-1)20-18-13-7-5-11-16(18)15-10-4-6-12-17(15)19-20/h1-13,19H. The van der Waals surface area contributed by atoms with Crippen LogP contribution in [0.25, 0.3) is 11.1 Å². The third kappa shape index (κ3) is 1.83. The van der Waals surface area contributed by atoms with Gasteiger partial charge >= 0.3 is 0 Å². The van der Waals surface area contributed by atoms with Crippen LogP contribution in [0, 0.1) is 0 Å². The molecule has 96 valence electrons. The molecule has 1 N–H and O–H groups in total. The summed E-state index contributed by atoms with van der Waals surface area (Å²) >= 11 is 0. The van der Waals surface area contributed by atoms with E-state index >= 15 is 0 Å². The summed E-state index contributed by atoms with van der Waals surface area (Å²) < 4.78 is 0. The van der Waals surface area contributed by atoms with E-state index in [1.165, 1.54) is 27.4 Å². The number of rotatable bonds is 1. The lowest BCUT2D eigenvalue weighted by Crippen LogP contribution is -2.22. The average Bonchev–Trinajstić information content (AvgIpc) is 2.55.